The van der Waals surface area contributed by atoms with Crippen molar-refractivity contribution < 1.29 is 47.6 Å². The van der Waals surface area contributed by atoms with Gasteiger partial charge in [-0.3, -0.25) is 15.0 Å². The van der Waals surface area contributed by atoms with Gasteiger partial charge in [0.1, 0.15) is 23.9 Å². The summed E-state index contributed by atoms with van der Waals surface area (Å²) in [5, 5.41) is 28.5. The number of anilines is 2. The summed E-state index contributed by atoms with van der Waals surface area (Å²) in [6.07, 6.45) is -3.78. The number of hydrogen-bond donors (Lipinski definition) is 5. The number of benzene rings is 1. The van der Waals surface area contributed by atoms with Gasteiger partial charge in [-0.15, -0.1) is 0 Å². The van der Waals surface area contributed by atoms with Crippen LogP contribution < -0.4 is 16.0 Å². The van der Waals surface area contributed by atoms with Gasteiger partial charge in [0, 0.05) is 13.0 Å². The second kappa shape index (κ2) is 14.5. The zero-order valence-electron chi connectivity index (χ0n) is 27.7. The molecule has 1 saturated heterocycles. The second-order valence-electron chi connectivity index (χ2n) is 14.0. The van der Waals surface area contributed by atoms with E-state index in [1.54, 1.807) is 32.9 Å². The molecular formula is C34H43F2N5O8. The summed E-state index contributed by atoms with van der Waals surface area (Å²) >= 11 is 0. The van der Waals surface area contributed by atoms with Crippen LogP contribution in [0.3, 0.4) is 0 Å². The van der Waals surface area contributed by atoms with E-state index in [1.165, 1.54) is 12.1 Å². The van der Waals surface area contributed by atoms with E-state index >= 15 is 0 Å². The molecule has 49 heavy (non-hydrogen) atoms. The number of alkyl carbamates (subject to hydrolysis) is 1. The van der Waals surface area contributed by atoms with Crippen LogP contribution in [0.15, 0.2) is 42.5 Å². The van der Waals surface area contributed by atoms with Crippen molar-refractivity contribution in [3.63, 3.8) is 0 Å². The lowest BCUT2D eigenvalue weighted by molar-refractivity contribution is -0.136. The van der Waals surface area contributed by atoms with Crippen LogP contribution in [0, 0.1) is 17.8 Å². The van der Waals surface area contributed by atoms with Gasteiger partial charge in [-0.25, -0.2) is 28.1 Å². The number of hydrogen-bond acceptors (Lipinski definition) is 8. The number of pyridine rings is 1. The molecule has 5 N–H and O–H groups in total. The van der Waals surface area contributed by atoms with Crippen LogP contribution in [-0.2, 0) is 20.9 Å². The van der Waals surface area contributed by atoms with Crippen molar-refractivity contribution in [2.24, 2.45) is 17.8 Å². The van der Waals surface area contributed by atoms with E-state index in [1.807, 2.05) is 18.2 Å². The summed E-state index contributed by atoms with van der Waals surface area (Å²) in [6.45, 7) is 4.58. The van der Waals surface area contributed by atoms with E-state index in [0.29, 0.717) is 0 Å². The Kier molecular flexibility index (Phi) is 10.6. The Hall–Kier alpha value is -4.53. The quantitative estimate of drug-likeness (QED) is 0.192. The number of piperidine rings is 1. The fourth-order valence-corrected chi connectivity index (χ4v) is 6.29. The van der Waals surface area contributed by atoms with Gasteiger partial charge < -0.3 is 30.3 Å². The highest BCUT2D eigenvalue weighted by Crippen LogP contribution is 2.51. The Morgan fingerprint density at radius 1 is 1.00 bits per heavy atom. The number of carboxylic acid groups (broad SMARTS) is 1. The van der Waals surface area contributed by atoms with E-state index < -0.39 is 66.7 Å². The third-order valence-corrected chi connectivity index (χ3v) is 8.98. The summed E-state index contributed by atoms with van der Waals surface area (Å²) < 4.78 is 38.6. The molecule has 5 rings (SSSR count). The number of carbonyl (C=O) groups is 4. The fraction of sp³-hybridized carbons (Fsp3) is 0.559. The predicted molar refractivity (Wildman–Crippen MR) is 173 cm³/mol. The first-order valence-corrected chi connectivity index (χ1v) is 16.4. The van der Waals surface area contributed by atoms with Crippen LogP contribution in [0.5, 0.6) is 0 Å². The molecule has 3 fully saturated rings. The average molecular weight is 688 g/mol. The van der Waals surface area contributed by atoms with Gasteiger partial charge >= 0.3 is 18.3 Å². The van der Waals surface area contributed by atoms with E-state index in [2.05, 4.69) is 20.9 Å². The molecule has 13 nitrogen and oxygen atoms in total. The van der Waals surface area contributed by atoms with Crippen LogP contribution in [0.1, 0.15) is 76.6 Å². The number of aliphatic hydroxyl groups is 1. The minimum Gasteiger partial charge on any atom is -0.465 e. The summed E-state index contributed by atoms with van der Waals surface area (Å²) in [7, 11) is 0. The van der Waals surface area contributed by atoms with Gasteiger partial charge in [-0.1, -0.05) is 30.3 Å². The zero-order chi connectivity index (χ0) is 35.5. The highest BCUT2D eigenvalue weighted by Gasteiger charge is 2.49. The van der Waals surface area contributed by atoms with Crippen LogP contribution >= 0.6 is 0 Å². The zero-order valence-corrected chi connectivity index (χ0v) is 27.7. The fourth-order valence-electron chi connectivity index (χ4n) is 6.29. The number of rotatable bonds is 11. The van der Waals surface area contributed by atoms with Gasteiger partial charge in [0.2, 0.25) is 5.91 Å². The first kappa shape index (κ1) is 35.8. The molecule has 1 unspecified atom stereocenters. The minimum atomic E-state index is -3.14. The first-order valence-electron chi connectivity index (χ1n) is 16.4. The molecule has 1 aromatic heterocycles. The Balaban J connectivity index is 1.45. The summed E-state index contributed by atoms with van der Waals surface area (Å²) in [5.74, 6) is -0.666. The lowest BCUT2D eigenvalue weighted by Gasteiger charge is -2.42. The van der Waals surface area contributed by atoms with Gasteiger partial charge in [0.05, 0.1) is 17.4 Å². The number of nitrogens with zero attached hydrogens (tertiary/aromatic N) is 2. The van der Waals surface area contributed by atoms with Crippen molar-refractivity contribution in [2.75, 3.05) is 17.2 Å². The molecule has 3 aliphatic rings. The molecule has 4 amide bonds. The molecule has 15 heteroatoms. The van der Waals surface area contributed by atoms with Crippen molar-refractivity contribution in [3.05, 3.63) is 53.7 Å². The average Bonchev–Trinajstić information content (AvgIpc) is 3.96. The lowest BCUT2D eigenvalue weighted by Crippen LogP contribution is -2.51. The summed E-state index contributed by atoms with van der Waals surface area (Å²) in [4.78, 5) is 57.4. The van der Waals surface area contributed by atoms with Crippen molar-refractivity contribution >= 4 is 35.7 Å². The highest BCUT2D eigenvalue weighted by molar-refractivity contribution is 6.00. The van der Waals surface area contributed by atoms with E-state index in [9.17, 15) is 38.2 Å². The maximum Gasteiger partial charge on any atom is 0.412 e. The number of carbonyl (C=O) groups excluding carboxylic acids is 3. The first-order chi connectivity index (χ1) is 23.1. The van der Waals surface area contributed by atoms with Gasteiger partial charge in [0.15, 0.2) is 5.82 Å². The topological polar surface area (TPSA) is 179 Å². The van der Waals surface area contributed by atoms with Crippen LogP contribution in [0.25, 0.3) is 0 Å². The van der Waals surface area contributed by atoms with Crippen molar-refractivity contribution in [3.8, 4) is 0 Å². The molecule has 266 valence electrons. The third kappa shape index (κ3) is 9.34. The molecule has 0 radical (unpaired) electrons. The summed E-state index contributed by atoms with van der Waals surface area (Å²) in [6, 6.07) is 9.37. The van der Waals surface area contributed by atoms with Crippen molar-refractivity contribution in [1.29, 1.82) is 0 Å². The molecule has 2 heterocycles. The van der Waals surface area contributed by atoms with Crippen LogP contribution in [0.2, 0.25) is 0 Å². The maximum atomic E-state index is 14.1. The normalized spacial score (nSPS) is 21.6. The minimum absolute atomic E-state index is 0.0154. The molecule has 3 atom stereocenters. The van der Waals surface area contributed by atoms with Gasteiger partial charge in [0.25, 0.3) is 6.43 Å². The summed E-state index contributed by atoms with van der Waals surface area (Å²) in [5.41, 5.74) is -2.64. The predicted octanol–water partition coefficient (Wildman–Crippen LogP) is 5.91. The van der Waals surface area contributed by atoms with Crippen molar-refractivity contribution in [2.45, 2.75) is 95.6 Å². The number of amides is 4. The van der Waals surface area contributed by atoms with E-state index in [0.717, 1.165) is 36.1 Å². The Morgan fingerprint density at radius 2 is 1.65 bits per heavy atom. The molecular weight excluding hydrogens is 644 g/mol. The van der Waals surface area contributed by atoms with Crippen molar-refractivity contribution in [1.82, 2.24) is 15.2 Å². The number of alkyl halides is 2. The lowest BCUT2D eigenvalue weighted by atomic mass is 9.85. The number of likely N-dealkylation sites (tertiary alicyclic amines) is 1. The Bertz CT molecular complexity index is 1520. The molecule has 2 aliphatic carbocycles. The number of ether oxygens (including phenoxy) is 2. The standard InChI is InChI=1S/C34H43F2N5O8/c1-33(2,3)49-31(44)38-23-14-13-22(24-17-34(47,29(35)36)15-16-41(24)32(45)46)37-27(23)40-28(42)26(25(20-9-10-20)21-11-12-21)39-30(43)48-18-19-7-5-4-6-8-19/h4-8,13-14,20-21,24-26,29,47H,9-12,15-18H2,1-3H3,(H,38,44)(H,39,43)(H,45,46)(H,37,40,42)/t24-,26?,34+/m0/s1. The molecule has 1 aliphatic heterocycles. The highest BCUT2D eigenvalue weighted by atomic mass is 19.3. The molecule has 2 saturated carbocycles. The molecule has 2 aromatic rings. The van der Waals surface area contributed by atoms with Gasteiger partial charge in [-0.05, 0) is 88.3 Å². The molecule has 0 bridgehead atoms. The van der Waals surface area contributed by atoms with Crippen LogP contribution in [-0.4, -0.2) is 74.5 Å². The largest absolute Gasteiger partial charge is 0.465 e. The molecule has 1 aromatic carbocycles. The Morgan fingerprint density at radius 3 is 2.22 bits per heavy atom. The van der Waals surface area contributed by atoms with E-state index in [4.69, 9.17) is 9.47 Å². The number of halogens is 2. The van der Waals surface area contributed by atoms with E-state index in [-0.39, 0.29) is 48.1 Å². The third-order valence-electron chi connectivity index (χ3n) is 8.98. The number of aromatic nitrogens is 1. The molecule has 0 spiro atoms. The smallest absolute Gasteiger partial charge is 0.412 e. The number of nitrogens with one attached hydrogen (secondary N) is 3. The Labute approximate surface area is 282 Å². The SMILES string of the molecule is CC(C)(C)OC(=O)Nc1ccc([C@@H]2C[C@@](O)(C(F)F)CCN2C(=O)O)nc1NC(=O)C(NC(=O)OCc1ccccc1)C(C1CC1)C1CC1. The maximum absolute atomic E-state index is 14.1. The van der Waals surface area contributed by atoms with Gasteiger partial charge in [-0.2, -0.15) is 0 Å². The second-order valence-corrected chi connectivity index (χ2v) is 14.0. The monoisotopic (exact) mass is 687 g/mol. The van der Waals surface area contributed by atoms with Crippen LogP contribution in [0.4, 0.5) is 34.7 Å².